The molecule has 5 aromatic rings. The average Bonchev–Trinajstić information content (AvgIpc) is 3.41. The van der Waals surface area contributed by atoms with Gasteiger partial charge in [0, 0.05) is 34.8 Å². The summed E-state index contributed by atoms with van der Waals surface area (Å²) in [6, 6.07) is 11.5. The van der Waals surface area contributed by atoms with Crippen LogP contribution in [0.1, 0.15) is 5.82 Å². The number of fused-ring (bicyclic) bond motifs is 2. The summed E-state index contributed by atoms with van der Waals surface area (Å²) in [5.74, 6) is 2.21. The van der Waals surface area contributed by atoms with E-state index in [-0.39, 0.29) is 6.61 Å². The van der Waals surface area contributed by atoms with Crippen molar-refractivity contribution >= 4 is 27.9 Å². The van der Waals surface area contributed by atoms with E-state index >= 15 is 0 Å². The number of pyridine rings is 2. The van der Waals surface area contributed by atoms with E-state index in [2.05, 4.69) is 20.2 Å². The SMILES string of the molecule is COc1ccc2c(OCc3nnc4ccc(-c5cscn5)cn34)ccnc2c1. The summed E-state index contributed by atoms with van der Waals surface area (Å²) in [5, 5.41) is 11.4. The molecule has 0 saturated carbocycles. The molecule has 138 valence electrons. The Balaban J connectivity index is 1.46. The van der Waals surface area contributed by atoms with E-state index < -0.39 is 0 Å². The molecular formula is C20H15N5O2S. The van der Waals surface area contributed by atoms with Gasteiger partial charge < -0.3 is 9.47 Å². The van der Waals surface area contributed by atoms with Gasteiger partial charge in [-0.15, -0.1) is 21.5 Å². The van der Waals surface area contributed by atoms with Crippen LogP contribution in [0.15, 0.2) is 59.7 Å². The van der Waals surface area contributed by atoms with Gasteiger partial charge in [0.25, 0.3) is 0 Å². The number of benzene rings is 1. The highest BCUT2D eigenvalue weighted by molar-refractivity contribution is 7.07. The molecule has 1 aromatic carbocycles. The van der Waals surface area contributed by atoms with Crippen molar-refractivity contribution in [3.8, 4) is 22.8 Å². The minimum atomic E-state index is 0.285. The Hall–Kier alpha value is -3.52. The lowest BCUT2D eigenvalue weighted by molar-refractivity contribution is 0.298. The highest BCUT2D eigenvalue weighted by atomic mass is 32.1. The van der Waals surface area contributed by atoms with E-state index in [4.69, 9.17) is 9.47 Å². The van der Waals surface area contributed by atoms with E-state index in [1.54, 1.807) is 24.6 Å². The maximum Gasteiger partial charge on any atom is 0.175 e. The van der Waals surface area contributed by atoms with Crippen molar-refractivity contribution in [2.75, 3.05) is 7.11 Å². The van der Waals surface area contributed by atoms with Gasteiger partial charge in [-0.2, -0.15) is 0 Å². The van der Waals surface area contributed by atoms with E-state index in [1.165, 1.54) is 0 Å². The van der Waals surface area contributed by atoms with Gasteiger partial charge >= 0.3 is 0 Å². The lowest BCUT2D eigenvalue weighted by Gasteiger charge is -2.09. The van der Waals surface area contributed by atoms with Crippen LogP contribution in [-0.2, 0) is 6.61 Å². The fourth-order valence-electron chi connectivity index (χ4n) is 3.04. The molecule has 0 N–H and O–H groups in total. The molecule has 0 atom stereocenters. The number of rotatable bonds is 5. The molecule has 0 saturated heterocycles. The quantitative estimate of drug-likeness (QED) is 0.452. The Kier molecular flexibility index (Phi) is 4.10. The Bertz CT molecular complexity index is 1270. The van der Waals surface area contributed by atoms with Gasteiger partial charge in [-0.3, -0.25) is 9.38 Å². The van der Waals surface area contributed by atoms with Crippen LogP contribution in [0.5, 0.6) is 11.5 Å². The number of nitrogens with zero attached hydrogens (tertiary/aromatic N) is 5. The molecule has 0 aliphatic rings. The van der Waals surface area contributed by atoms with E-state index in [1.807, 2.05) is 57.9 Å². The van der Waals surface area contributed by atoms with Gasteiger partial charge in [-0.05, 0) is 30.3 Å². The van der Waals surface area contributed by atoms with Crippen LogP contribution >= 0.6 is 11.3 Å². The maximum absolute atomic E-state index is 6.06. The van der Waals surface area contributed by atoms with Crippen LogP contribution in [0.3, 0.4) is 0 Å². The molecule has 28 heavy (non-hydrogen) atoms. The maximum atomic E-state index is 6.06. The van der Waals surface area contributed by atoms with Crippen LogP contribution in [0.2, 0.25) is 0 Å². The van der Waals surface area contributed by atoms with E-state index in [9.17, 15) is 0 Å². The third kappa shape index (κ3) is 2.93. The second-order valence-electron chi connectivity index (χ2n) is 6.12. The number of hydrogen-bond acceptors (Lipinski definition) is 7. The molecule has 8 heteroatoms. The average molecular weight is 389 g/mol. The summed E-state index contributed by atoms with van der Waals surface area (Å²) in [6.45, 7) is 0.285. The first-order valence-corrected chi connectivity index (χ1v) is 9.54. The first-order chi connectivity index (χ1) is 13.8. The molecule has 4 heterocycles. The van der Waals surface area contributed by atoms with Gasteiger partial charge in [0.05, 0.1) is 23.8 Å². The molecule has 0 unspecified atom stereocenters. The Morgan fingerprint density at radius 3 is 2.89 bits per heavy atom. The first-order valence-electron chi connectivity index (χ1n) is 8.59. The third-order valence-corrected chi connectivity index (χ3v) is 5.05. The fraction of sp³-hybridized carbons (Fsp3) is 0.100. The van der Waals surface area contributed by atoms with Crippen molar-refractivity contribution in [3.05, 3.63) is 65.5 Å². The topological polar surface area (TPSA) is 74.4 Å². The summed E-state index contributed by atoms with van der Waals surface area (Å²) in [6.07, 6.45) is 3.71. The molecule has 7 nitrogen and oxygen atoms in total. The van der Waals surface area contributed by atoms with Gasteiger partial charge in [0.2, 0.25) is 0 Å². The Labute approximate surface area is 164 Å². The molecule has 0 spiro atoms. The van der Waals surface area contributed by atoms with Crippen LogP contribution in [0, 0.1) is 0 Å². The molecule has 0 radical (unpaired) electrons. The lowest BCUT2D eigenvalue weighted by atomic mass is 10.2. The molecule has 0 amide bonds. The number of thiazole rings is 1. The predicted molar refractivity (Wildman–Crippen MR) is 107 cm³/mol. The zero-order chi connectivity index (χ0) is 18.9. The van der Waals surface area contributed by atoms with Crippen LogP contribution in [0.25, 0.3) is 27.8 Å². The zero-order valence-corrected chi connectivity index (χ0v) is 15.8. The van der Waals surface area contributed by atoms with Gasteiger partial charge in [-0.25, -0.2) is 4.98 Å². The number of ether oxygens (including phenoxy) is 2. The van der Waals surface area contributed by atoms with Crippen LogP contribution in [0.4, 0.5) is 0 Å². The molecule has 0 aliphatic carbocycles. The van der Waals surface area contributed by atoms with Crippen molar-refractivity contribution in [1.29, 1.82) is 0 Å². The normalized spacial score (nSPS) is 11.2. The Morgan fingerprint density at radius 2 is 2.04 bits per heavy atom. The van der Waals surface area contributed by atoms with Gasteiger partial charge in [0.15, 0.2) is 11.5 Å². The monoisotopic (exact) mass is 389 g/mol. The minimum absolute atomic E-state index is 0.285. The minimum Gasteiger partial charge on any atom is -0.497 e. The highest BCUT2D eigenvalue weighted by Crippen LogP contribution is 2.28. The number of aromatic nitrogens is 5. The second kappa shape index (κ2) is 6.90. The molecule has 5 rings (SSSR count). The molecule has 0 aliphatic heterocycles. The summed E-state index contributed by atoms with van der Waals surface area (Å²) >= 11 is 1.57. The molecule has 4 aromatic heterocycles. The van der Waals surface area contributed by atoms with Crippen LogP contribution < -0.4 is 9.47 Å². The van der Waals surface area contributed by atoms with Gasteiger partial charge in [-0.1, -0.05) is 0 Å². The summed E-state index contributed by atoms with van der Waals surface area (Å²) in [5.41, 5.74) is 5.34. The van der Waals surface area contributed by atoms with Gasteiger partial charge in [0.1, 0.15) is 18.1 Å². The van der Waals surface area contributed by atoms with E-state index in [0.717, 1.165) is 39.3 Å². The van der Waals surface area contributed by atoms with Crippen molar-refractivity contribution < 1.29 is 9.47 Å². The smallest absolute Gasteiger partial charge is 0.175 e. The van der Waals surface area contributed by atoms with Crippen molar-refractivity contribution in [2.24, 2.45) is 0 Å². The Morgan fingerprint density at radius 1 is 1.07 bits per heavy atom. The largest absolute Gasteiger partial charge is 0.497 e. The molecule has 0 fully saturated rings. The second-order valence-corrected chi connectivity index (χ2v) is 6.84. The first kappa shape index (κ1) is 16.6. The number of methoxy groups -OCH3 is 1. The highest BCUT2D eigenvalue weighted by Gasteiger charge is 2.10. The fourth-order valence-corrected chi connectivity index (χ4v) is 3.60. The predicted octanol–water partition coefficient (Wildman–Crippen LogP) is 3.99. The summed E-state index contributed by atoms with van der Waals surface area (Å²) in [4.78, 5) is 8.75. The zero-order valence-electron chi connectivity index (χ0n) is 14.9. The van der Waals surface area contributed by atoms with Crippen LogP contribution in [-0.4, -0.2) is 31.7 Å². The molecular weight excluding hydrogens is 374 g/mol. The summed E-state index contributed by atoms with van der Waals surface area (Å²) < 4.78 is 13.3. The third-order valence-electron chi connectivity index (χ3n) is 4.47. The van der Waals surface area contributed by atoms with Crippen molar-refractivity contribution in [2.45, 2.75) is 6.61 Å². The standard InChI is InChI=1S/C20H15N5O2S/c1-26-14-3-4-15-16(8-14)21-7-6-18(15)27-10-20-24-23-19-5-2-13(9-25(19)20)17-11-28-12-22-17/h2-9,11-12H,10H2,1H3. The molecule has 0 bridgehead atoms. The van der Waals surface area contributed by atoms with E-state index in [0.29, 0.717) is 5.82 Å². The van der Waals surface area contributed by atoms with Crippen molar-refractivity contribution in [1.82, 2.24) is 24.6 Å². The number of hydrogen-bond donors (Lipinski definition) is 0. The summed E-state index contributed by atoms with van der Waals surface area (Å²) in [7, 11) is 1.64. The van der Waals surface area contributed by atoms with Crippen molar-refractivity contribution in [3.63, 3.8) is 0 Å². The lowest BCUT2D eigenvalue weighted by Crippen LogP contribution is -2.02.